The van der Waals surface area contributed by atoms with Crippen LogP contribution in [0.3, 0.4) is 0 Å². The van der Waals surface area contributed by atoms with Crippen LogP contribution in [0.2, 0.25) is 0 Å². The highest BCUT2D eigenvalue weighted by molar-refractivity contribution is 5.78. The maximum absolute atomic E-state index is 5.81. The molecule has 5 N–H and O–H groups in total. The third kappa shape index (κ3) is 6.37. The molecule has 0 spiro atoms. The predicted molar refractivity (Wildman–Crippen MR) is 65.9 cm³/mol. The van der Waals surface area contributed by atoms with Crippen molar-refractivity contribution in [2.75, 3.05) is 0 Å². The summed E-state index contributed by atoms with van der Waals surface area (Å²) in [5.41, 5.74) is 12.6. The highest BCUT2D eigenvalue weighted by Gasteiger charge is 1.97. The van der Waals surface area contributed by atoms with Crippen molar-refractivity contribution in [3.63, 3.8) is 0 Å². The van der Waals surface area contributed by atoms with Crippen LogP contribution < -0.4 is 16.8 Å². The zero-order valence-corrected chi connectivity index (χ0v) is 9.46. The number of nitrogens with two attached hydrogens (primary N) is 2. The van der Waals surface area contributed by atoms with Crippen LogP contribution in [0, 0.1) is 0 Å². The monoisotopic (exact) mass is 208 g/mol. The van der Waals surface area contributed by atoms with Crippen LogP contribution in [0.25, 0.3) is 0 Å². The lowest BCUT2D eigenvalue weighted by atomic mass is 10.2. The number of nitrogens with zero attached hydrogens (tertiary/aromatic N) is 1. The fourth-order valence-electron chi connectivity index (χ4n) is 0.900. The first-order valence-corrected chi connectivity index (χ1v) is 4.95. The number of aliphatic imine (C=N–C) groups is 1. The third-order valence-electron chi connectivity index (χ3n) is 1.61. The van der Waals surface area contributed by atoms with Crippen LogP contribution in [0.5, 0.6) is 0 Å². The standard InChI is InChI=1S/C11H20N4/c1-4-6-7-11(14-5-2)10(13)8-15-9(3)12/h5,7-8,14H,2,4,6,13H2,1,3H3,(H2,12,15)/b10-8+,11-7-. The molecule has 0 fully saturated rings. The Hall–Kier alpha value is -1.71. The van der Waals surface area contributed by atoms with E-state index < -0.39 is 0 Å². The average molecular weight is 208 g/mol. The number of hydrogen-bond donors (Lipinski definition) is 3. The first-order valence-electron chi connectivity index (χ1n) is 4.95. The summed E-state index contributed by atoms with van der Waals surface area (Å²) in [7, 11) is 0. The van der Waals surface area contributed by atoms with Gasteiger partial charge in [-0.3, -0.25) is 0 Å². The maximum Gasteiger partial charge on any atom is 0.0958 e. The van der Waals surface area contributed by atoms with Gasteiger partial charge in [0.2, 0.25) is 0 Å². The normalized spacial score (nSPS) is 13.9. The van der Waals surface area contributed by atoms with E-state index in [1.54, 1.807) is 13.1 Å². The lowest BCUT2D eigenvalue weighted by Gasteiger charge is -2.06. The molecule has 0 aliphatic heterocycles. The highest BCUT2D eigenvalue weighted by Crippen LogP contribution is 2.03. The molecule has 0 amide bonds. The van der Waals surface area contributed by atoms with Gasteiger partial charge in [0, 0.05) is 0 Å². The Morgan fingerprint density at radius 3 is 2.60 bits per heavy atom. The van der Waals surface area contributed by atoms with Gasteiger partial charge in [0.05, 0.1) is 23.4 Å². The second kappa shape index (κ2) is 7.67. The molecule has 0 radical (unpaired) electrons. The molecule has 0 bridgehead atoms. The number of rotatable bonds is 6. The number of hydrogen-bond acceptors (Lipinski definition) is 3. The third-order valence-corrected chi connectivity index (χ3v) is 1.61. The lowest BCUT2D eigenvalue weighted by Crippen LogP contribution is -2.13. The van der Waals surface area contributed by atoms with Crippen molar-refractivity contribution in [1.82, 2.24) is 5.32 Å². The Bertz CT molecular complexity index is 283. The molecule has 0 atom stereocenters. The van der Waals surface area contributed by atoms with E-state index in [0.717, 1.165) is 18.5 Å². The van der Waals surface area contributed by atoms with Crippen molar-refractivity contribution in [3.8, 4) is 0 Å². The molecule has 0 aromatic carbocycles. The van der Waals surface area contributed by atoms with Crippen LogP contribution >= 0.6 is 0 Å². The van der Waals surface area contributed by atoms with E-state index in [2.05, 4.69) is 23.8 Å². The highest BCUT2D eigenvalue weighted by atomic mass is 14.9. The SMILES string of the molecule is C=CNC(=C\CCC)/C(N)=C\N=C(/C)N. The number of unbranched alkanes of at least 4 members (excludes halogenated alkanes) is 1. The molecule has 4 nitrogen and oxygen atoms in total. The largest absolute Gasteiger partial charge is 0.396 e. The molecule has 15 heavy (non-hydrogen) atoms. The second-order valence-corrected chi connectivity index (χ2v) is 3.11. The van der Waals surface area contributed by atoms with Crippen molar-refractivity contribution in [2.24, 2.45) is 16.5 Å². The second-order valence-electron chi connectivity index (χ2n) is 3.11. The van der Waals surface area contributed by atoms with E-state index in [4.69, 9.17) is 11.5 Å². The Kier molecular flexibility index (Phi) is 6.80. The van der Waals surface area contributed by atoms with Gasteiger partial charge in [-0.2, -0.15) is 0 Å². The van der Waals surface area contributed by atoms with Crippen LogP contribution in [-0.4, -0.2) is 5.84 Å². The zero-order chi connectivity index (χ0) is 11.7. The molecule has 0 saturated carbocycles. The van der Waals surface area contributed by atoms with Gasteiger partial charge in [0.1, 0.15) is 0 Å². The van der Waals surface area contributed by atoms with Crippen molar-refractivity contribution >= 4 is 5.84 Å². The molecular weight excluding hydrogens is 188 g/mol. The number of allylic oxidation sites excluding steroid dienone is 1. The minimum absolute atomic E-state index is 0.478. The van der Waals surface area contributed by atoms with Crippen molar-refractivity contribution in [2.45, 2.75) is 26.7 Å². The van der Waals surface area contributed by atoms with Crippen molar-refractivity contribution < 1.29 is 0 Å². The lowest BCUT2D eigenvalue weighted by molar-refractivity contribution is 0.925. The Morgan fingerprint density at radius 2 is 2.13 bits per heavy atom. The topological polar surface area (TPSA) is 76.4 Å². The Balaban J connectivity index is 4.68. The fourth-order valence-corrected chi connectivity index (χ4v) is 0.900. The minimum Gasteiger partial charge on any atom is -0.396 e. The van der Waals surface area contributed by atoms with Gasteiger partial charge in [0.25, 0.3) is 0 Å². The summed E-state index contributed by atoms with van der Waals surface area (Å²) < 4.78 is 0. The fraction of sp³-hybridized carbons (Fsp3) is 0.364. The summed E-state index contributed by atoms with van der Waals surface area (Å²) >= 11 is 0. The molecule has 0 heterocycles. The molecule has 84 valence electrons. The summed E-state index contributed by atoms with van der Waals surface area (Å²) in [4.78, 5) is 3.93. The summed E-state index contributed by atoms with van der Waals surface area (Å²) in [5, 5.41) is 2.96. The summed E-state index contributed by atoms with van der Waals surface area (Å²) in [5.74, 6) is 0.478. The van der Waals surface area contributed by atoms with E-state index in [1.807, 2.05) is 6.08 Å². The maximum atomic E-state index is 5.81. The van der Waals surface area contributed by atoms with Gasteiger partial charge in [0.15, 0.2) is 0 Å². The van der Waals surface area contributed by atoms with Crippen molar-refractivity contribution in [1.29, 1.82) is 0 Å². The van der Waals surface area contributed by atoms with E-state index in [1.165, 1.54) is 6.20 Å². The molecule has 0 unspecified atom stereocenters. The van der Waals surface area contributed by atoms with Gasteiger partial charge in [-0.05, 0) is 19.5 Å². The number of amidine groups is 1. The molecule has 0 aromatic heterocycles. The van der Waals surface area contributed by atoms with Crippen LogP contribution in [-0.2, 0) is 0 Å². The summed E-state index contributed by atoms with van der Waals surface area (Å²) in [6, 6.07) is 0. The quantitative estimate of drug-likeness (QED) is 0.352. The van der Waals surface area contributed by atoms with Gasteiger partial charge >= 0.3 is 0 Å². The van der Waals surface area contributed by atoms with Gasteiger partial charge in [-0.25, -0.2) is 4.99 Å². The minimum atomic E-state index is 0.478. The van der Waals surface area contributed by atoms with E-state index in [0.29, 0.717) is 11.5 Å². The van der Waals surface area contributed by atoms with Crippen LogP contribution in [0.4, 0.5) is 0 Å². The molecule has 0 rings (SSSR count). The van der Waals surface area contributed by atoms with Crippen LogP contribution in [0.15, 0.2) is 41.4 Å². The Morgan fingerprint density at radius 1 is 1.47 bits per heavy atom. The smallest absolute Gasteiger partial charge is 0.0958 e. The first-order chi connectivity index (χ1) is 7.11. The van der Waals surface area contributed by atoms with Gasteiger partial charge < -0.3 is 16.8 Å². The predicted octanol–water partition coefficient (Wildman–Crippen LogP) is 1.58. The molecule has 0 saturated heterocycles. The Labute approximate surface area is 91.4 Å². The number of nitrogens with one attached hydrogen (secondary N) is 1. The molecule has 4 heteroatoms. The van der Waals surface area contributed by atoms with E-state index >= 15 is 0 Å². The molecule has 0 aliphatic carbocycles. The van der Waals surface area contributed by atoms with Crippen molar-refractivity contribution in [3.05, 3.63) is 36.4 Å². The summed E-state index contributed by atoms with van der Waals surface area (Å²) in [6.45, 7) is 7.40. The van der Waals surface area contributed by atoms with Gasteiger partial charge in [-0.1, -0.05) is 26.0 Å². The average Bonchev–Trinajstić information content (AvgIpc) is 2.20. The van der Waals surface area contributed by atoms with Gasteiger partial charge in [-0.15, -0.1) is 0 Å². The van der Waals surface area contributed by atoms with E-state index in [9.17, 15) is 0 Å². The molecule has 0 aromatic rings. The summed E-state index contributed by atoms with van der Waals surface area (Å²) in [6.07, 6.45) is 7.15. The molecular formula is C11H20N4. The zero-order valence-electron chi connectivity index (χ0n) is 9.46. The van der Waals surface area contributed by atoms with Crippen LogP contribution in [0.1, 0.15) is 26.7 Å². The van der Waals surface area contributed by atoms with E-state index in [-0.39, 0.29) is 0 Å². The molecule has 0 aliphatic rings. The first kappa shape index (κ1) is 13.3.